The van der Waals surface area contributed by atoms with Crippen LogP contribution in [0, 0.1) is 11.3 Å². The van der Waals surface area contributed by atoms with E-state index in [-0.39, 0.29) is 12.2 Å². The van der Waals surface area contributed by atoms with Gasteiger partial charge in [-0.2, -0.15) is 5.26 Å². The molecule has 1 aromatic rings. The number of ether oxygens (including phenoxy) is 2. The lowest BCUT2D eigenvalue weighted by Crippen LogP contribution is -2.14. The highest BCUT2D eigenvalue weighted by Gasteiger charge is 2.15. The minimum atomic E-state index is -0.750. The maximum Gasteiger partial charge on any atom is 0.259 e. The number of carbonyl (C=O) groups is 1. The minimum Gasteiger partial charge on any atom is -0.493 e. The van der Waals surface area contributed by atoms with E-state index in [0.29, 0.717) is 17.1 Å². The van der Waals surface area contributed by atoms with Gasteiger partial charge in [0.15, 0.2) is 11.5 Å². The first-order valence-corrected chi connectivity index (χ1v) is 5.57. The standard InChI is InChI=1S/C14H12N2O3/c1-18-12-4-2-3-10-5-9(8-19-13(10)12)6-11(7-15)14(16)17/h2-6H,8H2,1H3,(H2,16,17)/b11-6-. The summed E-state index contributed by atoms with van der Waals surface area (Å²) in [7, 11) is 1.57. The van der Waals surface area contributed by atoms with E-state index in [1.54, 1.807) is 19.2 Å². The second kappa shape index (κ2) is 5.27. The van der Waals surface area contributed by atoms with Gasteiger partial charge in [-0.1, -0.05) is 12.1 Å². The molecule has 0 fully saturated rings. The van der Waals surface area contributed by atoms with E-state index in [2.05, 4.69) is 0 Å². The third-order valence-electron chi connectivity index (χ3n) is 2.67. The molecule has 1 aliphatic rings. The van der Waals surface area contributed by atoms with Gasteiger partial charge in [0.1, 0.15) is 18.2 Å². The van der Waals surface area contributed by atoms with Crippen molar-refractivity contribution in [3.63, 3.8) is 0 Å². The molecule has 0 bridgehead atoms. The molecule has 0 saturated heterocycles. The van der Waals surface area contributed by atoms with Crippen LogP contribution in [-0.2, 0) is 4.79 Å². The van der Waals surface area contributed by atoms with Crippen molar-refractivity contribution in [2.45, 2.75) is 0 Å². The quantitative estimate of drug-likeness (QED) is 0.654. The molecule has 2 N–H and O–H groups in total. The zero-order chi connectivity index (χ0) is 13.8. The van der Waals surface area contributed by atoms with Gasteiger partial charge in [-0.05, 0) is 23.8 Å². The molecule has 0 aliphatic carbocycles. The average molecular weight is 256 g/mol. The normalized spacial score (nSPS) is 13.7. The molecular weight excluding hydrogens is 244 g/mol. The number of carbonyl (C=O) groups excluding carboxylic acids is 1. The number of methoxy groups -OCH3 is 1. The lowest BCUT2D eigenvalue weighted by Gasteiger charge is -2.18. The molecule has 0 unspecified atom stereocenters. The number of nitrogens with zero attached hydrogens (tertiary/aromatic N) is 1. The molecule has 0 atom stereocenters. The Labute approximate surface area is 110 Å². The molecule has 96 valence electrons. The van der Waals surface area contributed by atoms with E-state index < -0.39 is 5.91 Å². The molecule has 5 nitrogen and oxygen atoms in total. The number of fused-ring (bicyclic) bond motifs is 1. The summed E-state index contributed by atoms with van der Waals surface area (Å²) in [6.45, 7) is 0.256. The van der Waals surface area contributed by atoms with Crippen LogP contribution in [0.25, 0.3) is 6.08 Å². The van der Waals surface area contributed by atoms with Gasteiger partial charge in [-0.3, -0.25) is 4.79 Å². The third kappa shape index (κ3) is 2.58. The van der Waals surface area contributed by atoms with E-state index in [1.165, 1.54) is 6.08 Å². The van der Waals surface area contributed by atoms with E-state index in [1.807, 2.05) is 18.2 Å². The molecule has 1 aliphatic heterocycles. The highest BCUT2D eigenvalue weighted by molar-refractivity contribution is 5.96. The lowest BCUT2D eigenvalue weighted by molar-refractivity contribution is -0.114. The summed E-state index contributed by atoms with van der Waals surface area (Å²) in [5, 5.41) is 8.80. The first-order chi connectivity index (χ1) is 9.15. The first-order valence-electron chi connectivity index (χ1n) is 5.57. The number of hydrogen-bond acceptors (Lipinski definition) is 4. The summed E-state index contributed by atoms with van der Waals surface area (Å²) in [6, 6.07) is 7.26. The van der Waals surface area contributed by atoms with Gasteiger partial charge in [0.05, 0.1) is 7.11 Å². The Hall–Kier alpha value is -2.74. The van der Waals surface area contributed by atoms with Crippen molar-refractivity contribution in [3.8, 4) is 17.6 Å². The number of para-hydroxylation sites is 1. The summed E-state index contributed by atoms with van der Waals surface area (Å²) in [4.78, 5) is 11.0. The Morgan fingerprint density at radius 2 is 2.37 bits per heavy atom. The molecule has 2 rings (SSSR count). The zero-order valence-electron chi connectivity index (χ0n) is 10.3. The van der Waals surface area contributed by atoms with Crippen LogP contribution in [0.1, 0.15) is 5.56 Å². The Morgan fingerprint density at radius 3 is 3.00 bits per heavy atom. The fourth-order valence-electron chi connectivity index (χ4n) is 1.79. The molecule has 0 radical (unpaired) electrons. The van der Waals surface area contributed by atoms with Gasteiger partial charge < -0.3 is 15.2 Å². The van der Waals surface area contributed by atoms with Gasteiger partial charge in [0, 0.05) is 5.56 Å². The summed E-state index contributed by atoms with van der Waals surface area (Å²) in [5.74, 6) is 0.548. The largest absolute Gasteiger partial charge is 0.493 e. The lowest BCUT2D eigenvalue weighted by atomic mass is 10.0. The third-order valence-corrected chi connectivity index (χ3v) is 2.67. The maximum absolute atomic E-state index is 11.0. The van der Waals surface area contributed by atoms with Crippen molar-refractivity contribution in [3.05, 3.63) is 41.0 Å². The van der Waals surface area contributed by atoms with Crippen molar-refractivity contribution >= 4 is 12.0 Å². The molecule has 0 spiro atoms. The maximum atomic E-state index is 11.0. The second-order valence-electron chi connectivity index (χ2n) is 3.92. The number of primary amides is 1. The van der Waals surface area contributed by atoms with Crippen molar-refractivity contribution in [1.29, 1.82) is 5.26 Å². The van der Waals surface area contributed by atoms with E-state index in [9.17, 15) is 4.79 Å². The number of nitriles is 1. The van der Waals surface area contributed by atoms with Gasteiger partial charge >= 0.3 is 0 Å². The molecule has 0 saturated carbocycles. The first kappa shape index (κ1) is 12.7. The molecule has 5 heteroatoms. The van der Waals surface area contributed by atoms with Crippen LogP contribution in [0.15, 0.2) is 35.4 Å². The van der Waals surface area contributed by atoms with Gasteiger partial charge in [0.2, 0.25) is 0 Å². The Bertz CT molecular complexity index is 624. The zero-order valence-corrected chi connectivity index (χ0v) is 10.3. The number of amides is 1. The second-order valence-corrected chi connectivity index (χ2v) is 3.92. The average Bonchev–Trinajstić information content (AvgIpc) is 2.43. The summed E-state index contributed by atoms with van der Waals surface area (Å²) < 4.78 is 10.8. The summed E-state index contributed by atoms with van der Waals surface area (Å²) >= 11 is 0. The number of hydrogen-bond donors (Lipinski definition) is 1. The molecule has 1 heterocycles. The van der Waals surface area contributed by atoms with Gasteiger partial charge in [-0.25, -0.2) is 0 Å². The van der Waals surface area contributed by atoms with Crippen LogP contribution in [0.4, 0.5) is 0 Å². The van der Waals surface area contributed by atoms with E-state index >= 15 is 0 Å². The van der Waals surface area contributed by atoms with Crippen LogP contribution in [0.5, 0.6) is 11.5 Å². The molecular formula is C14H12N2O3. The van der Waals surface area contributed by atoms with E-state index in [4.69, 9.17) is 20.5 Å². The molecule has 1 aromatic carbocycles. The number of benzene rings is 1. The number of rotatable bonds is 3. The molecule has 19 heavy (non-hydrogen) atoms. The predicted molar refractivity (Wildman–Crippen MR) is 69.4 cm³/mol. The monoisotopic (exact) mass is 256 g/mol. The van der Waals surface area contributed by atoms with Crippen molar-refractivity contribution in [2.75, 3.05) is 13.7 Å². The van der Waals surface area contributed by atoms with Crippen molar-refractivity contribution in [1.82, 2.24) is 0 Å². The SMILES string of the molecule is COc1cccc2c1OCC(/C=C(/C#N)C(N)=O)=C2. The number of nitrogens with two attached hydrogens (primary N) is 1. The van der Waals surface area contributed by atoms with Crippen LogP contribution in [0.3, 0.4) is 0 Å². The van der Waals surface area contributed by atoms with Gasteiger partial charge in [-0.15, -0.1) is 0 Å². The Balaban J connectivity index is 2.40. The topological polar surface area (TPSA) is 85.3 Å². The molecule has 0 aromatic heterocycles. The van der Waals surface area contributed by atoms with E-state index in [0.717, 1.165) is 5.56 Å². The van der Waals surface area contributed by atoms with Crippen LogP contribution >= 0.6 is 0 Å². The highest BCUT2D eigenvalue weighted by Crippen LogP contribution is 2.35. The van der Waals surface area contributed by atoms with Gasteiger partial charge in [0.25, 0.3) is 5.91 Å². The van der Waals surface area contributed by atoms with Crippen molar-refractivity contribution < 1.29 is 14.3 Å². The fourth-order valence-corrected chi connectivity index (χ4v) is 1.79. The Morgan fingerprint density at radius 1 is 1.58 bits per heavy atom. The molecule has 1 amide bonds. The minimum absolute atomic E-state index is 0.0961. The van der Waals surface area contributed by atoms with Crippen molar-refractivity contribution in [2.24, 2.45) is 5.73 Å². The predicted octanol–water partition coefficient (Wildman–Crippen LogP) is 1.41. The smallest absolute Gasteiger partial charge is 0.259 e. The summed E-state index contributed by atoms with van der Waals surface area (Å²) in [5.41, 5.74) is 6.53. The highest BCUT2D eigenvalue weighted by atomic mass is 16.5. The Kier molecular flexibility index (Phi) is 3.53. The van der Waals surface area contributed by atoms with Crippen LogP contribution in [-0.4, -0.2) is 19.6 Å². The van der Waals surface area contributed by atoms with Crippen LogP contribution < -0.4 is 15.2 Å². The fraction of sp³-hybridized carbons (Fsp3) is 0.143. The van der Waals surface area contributed by atoms with Crippen LogP contribution in [0.2, 0.25) is 0 Å². The summed E-state index contributed by atoms with van der Waals surface area (Å²) in [6.07, 6.45) is 3.27.